The Morgan fingerprint density at radius 2 is 1.86 bits per heavy atom. The fourth-order valence-corrected chi connectivity index (χ4v) is 2.50. The van der Waals surface area contributed by atoms with Gasteiger partial charge in [0, 0.05) is 25.3 Å². The van der Waals surface area contributed by atoms with E-state index in [1.54, 1.807) is 0 Å². The molecule has 21 heavy (non-hydrogen) atoms. The summed E-state index contributed by atoms with van der Waals surface area (Å²) in [5.74, 6) is 0.639. The second kappa shape index (κ2) is 7.92. The summed E-state index contributed by atoms with van der Waals surface area (Å²) < 4.78 is 11.7. The zero-order valence-corrected chi connectivity index (χ0v) is 13.6. The first-order chi connectivity index (χ1) is 10.0. The van der Waals surface area contributed by atoms with Crippen molar-refractivity contribution in [2.75, 3.05) is 26.4 Å². The lowest BCUT2D eigenvalue weighted by Gasteiger charge is -2.28. The maximum Gasteiger partial charge on any atom is 0.0949 e. The largest absolute Gasteiger partial charge is 0.381 e. The smallest absolute Gasteiger partial charge is 0.0949 e. The predicted octanol–water partition coefficient (Wildman–Crippen LogP) is 3.56. The average Bonchev–Trinajstić information content (AvgIpc) is 2.48. The molecule has 0 saturated carbocycles. The first-order valence-electron chi connectivity index (χ1n) is 8.04. The molecule has 0 aliphatic carbocycles. The van der Waals surface area contributed by atoms with Crippen LogP contribution in [0, 0.1) is 5.92 Å². The maximum absolute atomic E-state index is 6.24. The van der Waals surface area contributed by atoms with Crippen LogP contribution < -0.4 is 5.32 Å². The third-order valence-corrected chi connectivity index (χ3v) is 3.86. The van der Waals surface area contributed by atoms with Crippen molar-refractivity contribution in [3.63, 3.8) is 0 Å². The number of nitrogens with one attached hydrogen (secondary N) is 1. The second-order valence-electron chi connectivity index (χ2n) is 6.92. The molecule has 3 nitrogen and oxygen atoms in total. The molecule has 1 unspecified atom stereocenters. The van der Waals surface area contributed by atoms with Crippen LogP contribution in [0.3, 0.4) is 0 Å². The van der Waals surface area contributed by atoms with E-state index in [2.05, 4.69) is 56.4 Å². The fourth-order valence-electron chi connectivity index (χ4n) is 2.50. The highest BCUT2D eigenvalue weighted by atomic mass is 16.5. The SMILES string of the molecule is CC(C)(C)NCC(OCC1CCOCC1)c1ccccc1. The molecule has 1 heterocycles. The van der Waals surface area contributed by atoms with Crippen molar-refractivity contribution in [3.8, 4) is 0 Å². The van der Waals surface area contributed by atoms with Crippen LogP contribution in [0.2, 0.25) is 0 Å². The molecule has 1 fully saturated rings. The van der Waals surface area contributed by atoms with Gasteiger partial charge in [-0.05, 0) is 45.1 Å². The summed E-state index contributed by atoms with van der Waals surface area (Å²) >= 11 is 0. The van der Waals surface area contributed by atoms with E-state index >= 15 is 0 Å². The third-order valence-electron chi connectivity index (χ3n) is 3.86. The normalized spacial score (nSPS) is 18.6. The molecule has 1 aromatic rings. The van der Waals surface area contributed by atoms with Gasteiger partial charge in [-0.3, -0.25) is 0 Å². The molecule has 2 rings (SSSR count). The second-order valence-corrected chi connectivity index (χ2v) is 6.92. The number of ether oxygens (including phenoxy) is 2. The molecule has 1 aliphatic heterocycles. The van der Waals surface area contributed by atoms with Crippen molar-refractivity contribution in [2.24, 2.45) is 5.92 Å². The van der Waals surface area contributed by atoms with Crippen LogP contribution in [0.4, 0.5) is 0 Å². The van der Waals surface area contributed by atoms with E-state index in [9.17, 15) is 0 Å². The Bertz CT molecular complexity index is 393. The van der Waals surface area contributed by atoms with Gasteiger partial charge in [-0.1, -0.05) is 30.3 Å². The minimum atomic E-state index is 0.106. The quantitative estimate of drug-likeness (QED) is 0.869. The zero-order chi connectivity index (χ0) is 15.1. The lowest BCUT2D eigenvalue weighted by atomic mass is 10.0. The predicted molar refractivity (Wildman–Crippen MR) is 86.4 cm³/mol. The highest BCUT2D eigenvalue weighted by Gasteiger charge is 2.19. The monoisotopic (exact) mass is 291 g/mol. The van der Waals surface area contributed by atoms with Gasteiger partial charge < -0.3 is 14.8 Å². The first-order valence-corrected chi connectivity index (χ1v) is 8.04. The van der Waals surface area contributed by atoms with Crippen molar-refractivity contribution in [2.45, 2.75) is 45.3 Å². The van der Waals surface area contributed by atoms with Gasteiger partial charge in [0.05, 0.1) is 12.7 Å². The minimum Gasteiger partial charge on any atom is -0.381 e. The van der Waals surface area contributed by atoms with Crippen LogP contribution in [0.15, 0.2) is 30.3 Å². The molecule has 3 heteroatoms. The van der Waals surface area contributed by atoms with Crippen molar-refractivity contribution in [1.82, 2.24) is 5.32 Å². The molecule has 118 valence electrons. The van der Waals surface area contributed by atoms with E-state index < -0.39 is 0 Å². The molecule has 0 aromatic heterocycles. The summed E-state index contributed by atoms with van der Waals surface area (Å²) in [6, 6.07) is 10.5. The van der Waals surface area contributed by atoms with Crippen LogP contribution in [-0.2, 0) is 9.47 Å². The third kappa shape index (κ3) is 6.16. The van der Waals surface area contributed by atoms with Gasteiger partial charge in [0.15, 0.2) is 0 Å². The summed E-state index contributed by atoms with van der Waals surface area (Å²) in [4.78, 5) is 0. The molecule has 1 N–H and O–H groups in total. The van der Waals surface area contributed by atoms with Gasteiger partial charge in [0.25, 0.3) is 0 Å². The van der Waals surface area contributed by atoms with Crippen LogP contribution in [0.25, 0.3) is 0 Å². The number of benzene rings is 1. The summed E-state index contributed by atoms with van der Waals surface area (Å²) in [6.45, 7) is 9.99. The molecule has 0 radical (unpaired) electrons. The Balaban J connectivity index is 1.91. The highest BCUT2D eigenvalue weighted by Crippen LogP contribution is 2.22. The summed E-state index contributed by atoms with van der Waals surface area (Å²) in [7, 11) is 0. The Morgan fingerprint density at radius 3 is 2.48 bits per heavy atom. The number of rotatable bonds is 6. The zero-order valence-electron chi connectivity index (χ0n) is 13.6. The number of hydrogen-bond donors (Lipinski definition) is 1. The van der Waals surface area contributed by atoms with Crippen LogP contribution >= 0.6 is 0 Å². The fraction of sp³-hybridized carbons (Fsp3) is 0.667. The van der Waals surface area contributed by atoms with Crippen molar-refractivity contribution < 1.29 is 9.47 Å². The van der Waals surface area contributed by atoms with E-state index in [1.165, 1.54) is 5.56 Å². The van der Waals surface area contributed by atoms with Crippen LogP contribution in [0.5, 0.6) is 0 Å². The van der Waals surface area contributed by atoms with Crippen molar-refractivity contribution >= 4 is 0 Å². The molecule has 0 spiro atoms. The Kier molecular flexibility index (Phi) is 6.22. The summed E-state index contributed by atoms with van der Waals surface area (Å²) in [6.07, 6.45) is 2.36. The van der Waals surface area contributed by atoms with Crippen molar-refractivity contribution in [1.29, 1.82) is 0 Å². The Labute approximate surface area is 129 Å². The standard InChI is InChI=1S/C18H29NO2/c1-18(2,3)19-13-17(16-7-5-4-6-8-16)21-14-15-9-11-20-12-10-15/h4-8,15,17,19H,9-14H2,1-3H3. The molecular weight excluding hydrogens is 262 g/mol. The molecule has 0 bridgehead atoms. The molecule has 1 atom stereocenters. The molecular formula is C18H29NO2. The van der Waals surface area contributed by atoms with Gasteiger partial charge in [-0.25, -0.2) is 0 Å². The molecule has 1 aromatic carbocycles. The lowest BCUT2D eigenvalue weighted by Crippen LogP contribution is -2.39. The van der Waals surface area contributed by atoms with Gasteiger partial charge in [0.1, 0.15) is 0 Å². The van der Waals surface area contributed by atoms with Crippen LogP contribution in [0.1, 0.15) is 45.3 Å². The maximum atomic E-state index is 6.24. The Morgan fingerprint density at radius 1 is 1.19 bits per heavy atom. The lowest BCUT2D eigenvalue weighted by molar-refractivity contribution is -0.0130. The van der Waals surface area contributed by atoms with Crippen LogP contribution in [-0.4, -0.2) is 31.9 Å². The van der Waals surface area contributed by atoms with Gasteiger partial charge >= 0.3 is 0 Å². The van der Waals surface area contributed by atoms with E-state index in [1.807, 2.05) is 0 Å². The van der Waals surface area contributed by atoms with E-state index in [0.29, 0.717) is 5.92 Å². The molecule has 1 aliphatic rings. The topological polar surface area (TPSA) is 30.5 Å². The first kappa shape index (κ1) is 16.5. The van der Waals surface area contributed by atoms with E-state index in [0.717, 1.165) is 39.2 Å². The Hall–Kier alpha value is -0.900. The van der Waals surface area contributed by atoms with E-state index in [4.69, 9.17) is 9.47 Å². The highest BCUT2D eigenvalue weighted by molar-refractivity contribution is 5.18. The average molecular weight is 291 g/mol. The minimum absolute atomic E-state index is 0.106. The number of hydrogen-bond acceptors (Lipinski definition) is 3. The van der Waals surface area contributed by atoms with Crippen molar-refractivity contribution in [3.05, 3.63) is 35.9 Å². The van der Waals surface area contributed by atoms with Gasteiger partial charge in [-0.2, -0.15) is 0 Å². The summed E-state index contributed by atoms with van der Waals surface area (Å²) in [5.41, 5.74) is 1.36. The van der Waals surface area contributed by atoms with Gasteiger partial charge in [-0.15, -0.1) is 0 Å². The van der Waals surface area contributed by atoms with E-state index in [-0.39, 0.29) is 11.6 Å². The summed E-state index contributed by atoms with van der Waals surface area (Å²) in [5, 5.41) is 3.56. The van der Waals surface area contributed by atoms with Gasteiger partial charge in [0.2, 0.25) is 0 Å². The molecule has 1 saturated heterocycles. The molecule has 0 amide bonds.